The van der Waals surface area contributed by atoms with E-state index in [1.807, 2.05) is 19.9 Å². The highest BCUT2D eigenvalue weighted by atomic mass is 16.5. The summed E-state index contributed by atoms with van der Waals surface area (Å²) in [7, 11) is 0. The number of carbonyl (C=O) groups excluding carboxylic acids is 1. The molecule has 6 nitrogen and oxygen atoms in total. The van der Waals surface area contributed by atoms with Gasteiger partial charge in [0.15, 0.2) is 0 Å². The second-order valence-corrected chi connectivity index (χ2v) is 5.58. The first-order valence-corrected chi connectivity index (χ1v) is 8.02. The van der Waals surface area contributed by atoms with E-state index in [-0.39, 0.29) is 11.4 Å². The third-order valence-electron chi connectivity index (χ3n) is 3.62. The maximum atomic E-state index is 12.3. The molecule has 0 bridgehead atoms. The number of ether oxygens (including phenoxy) is 2. The van der Waals surface area contributed by atoms with Crippen molar-refractivity contribution in [1.29, 1.82) is 0 Å². The molecule has 0 saturated heterocycles. The highest BCUT2D eigenvalue weighted by molar-refractivity contribution is 5.91. The minimum absolute atomic E-state index is 0.0180. The van der Waals surface area contributed by atoms with Crippen molar-refractivity contribution in [2.24, 2.45) is 0 Å². The van der Waals surface area contributed by atoms with Gasteiger partial charge in [-0.3, -0.25) is 9.20 Å². The normalized spacial score (nSPS) is 10.6. The fraction of sp³-hybridized carbons (Fsp3) is 0.211. The fourth-order valence-corrected chi connectivity index (χ4v) is 2.35. The molecule has 6 heteroatoms. The molecule has 3 aromatic rings. The van der Waals surface area contributed by atoms with E-state index >= 15 is 0 Å². The molecular formula is C19H18N2O4. The van der Waals surface area contributed by atoms with Gasteiger partial charge in [0.1, 0.15) is 11.4 Å². The first-order chi connectivity index (χ1) is 12.1. The van der Waals surface area contributed by atoms with Crippen LogP contribution in [0, 0.1) is 6.92 Å². The number of benzene rings is 1. The van der Waals surface area contributed by atoms with Gasteiger partial charge in [-0.15, -0.1) is 0 Å². The van der Waals surface area contributed by atoms with E-state index in [0.29, 0.717) is 23.6 Å². The van der Waals surface area contributed by atoms with E-state index in [1.54, 1.807) is 36.5 Å². The highest BCUT2D eigenvalue weighted by Crippen LogP contribution is 2.15. The SMILES string of the molecule is CCCOc1ccc(C(=O)Oc2cc(=O)n3cccc(C)c3n2)cc1. The van der Waals surface area contributed by atoms with E-state index in [4.69, 9.17) is 9.47 Å². The lowest BCUT2D eigenvalue weighted by Gasteiger charge is -2.08. The Morgan fingerprint density at radius 2 is 1.96 bits per heavy atom. The van der Waals surface area contributed by atoms with Crippen LogP contribution in [0.15, 0.2) is 53.5 Å². The maximum absolute atomic E-state index is 12.3. The molecule has 1 aromatic carbocycles. The number of esters is 1. The third kappa shape index (κ3) is 3.68. The van der Waals surface area contributed by atoms with Crippen LogP contribution in [-0.2, 0) is 0 Å². The fourth-order valence-electron chi connectivity index (χ4n) is 2.35. The molecule has 0 radical (unpaired) electrons. The van der Waals surface area contributed by atoms with Gasteiger partial charge in [0.25, 0.3) is 5.56 Å². The number of pyridine rings is 1. The summed E-state index contributed by atoms with van der Waals surface area (Å²) >= 11 is 0. The summed E-state index contributed by atoms with van der Waals surface area (Å²) < 4.78 is 12.1. The van der Waals surface area contributed by atoms with Crippen molar-refractivity contribution in [2.75, 3.05) is 6.61 Å². The Labute approximate surface area is 144 Å². The standard InChI is InChI=1S/C19H18N2O4/c1-3-11-24-15-8-6-14(7-9-15)19(23)25-16-12-17(22)21-10-4-5-13(2)18(21)20-16/h4-10,12H,3,11H2,1-2H3. The highest BCUT2D eigenvalue weighted by Gasteiger charge is 2.12. The molecule has 0 amide bonds. The predicted molar refractivity (Wildman–Crippen MR) is 93.4 cm³/mol. The molecule has 128 valence electrons. The largest absolute Gasteiger partial charge is 0.494 e. The molecule has 0 N–H and O–H groups in total. The Kier molecular flexibility index (Phi) is 4.79. The predicted octanol–water partition coefficient (Wildman–Crippen LogP) is 3.01. The smallest absolute Gasteiger partial charge is 0.344 e. The van der Waals surface area contributed by atoms with Crippen molar-refractivity contribution >= 4 is 11.6 Å². The summed E-state index contributed by atoms with van der Waals surface area (Å²) in [6.07, 6.45) is 2.53. The minimum atomic E-state index is -0.577. The molecule has 0 spiro atoms. The van der Waals surface area contributed by atoms with Crippen LogP contribution in [0.3, 0.4) is 0 Å². The van der Waals surface area contributed by atoms with Crippen LogP contribution in [0.2, 0.25) is 0 Å². The van der Waals surface area contributed by atoms with Gasteiger partial charge in [0.2, 0.25) is 5.88 Å². The van der Waals surface area contributed by atoms with Crippen LogP contribution < -0.4 is 15.0 Å². The van der Waals surface area contributed by atoms with Crippen LogP contribution in [0.1, 0.15) is 29.3 Å². The van der Waals surface area contributed by atoms with Gasteiger partial charge in [-0.25, -0.2) is 4.79 Å². The van der Waals surface area contributed by atoms with Crippen molar-refractivity contribution in [1.82, 2.24) is 9.38 Å². The number of nitrogens with zero attached hydrogens (tertiary/aromatic N) is 2. The summed E-state index contributed by atoms with van der Waals surface area (Å²) in [6.45, 7) is 4.48. The molecule has 0 aliphatic carbocycles. The van der Waals surface area contributed by atoms with Gasteiger partial charge in [-0.1, -0.05) is 13.0 Å². The van der Waals surface area contributed by atoms with Crippen molar-refractivity contribution in [3.8, 4) is 11.6 Å². The lowest BCUT2D eigenvalue weighted by atomic mass is 10.2. The Hall–Kier alpha value is -3.15. The Balaban J connectivity index is 1.82. The van der Waals surface area contributed by atoms with Crippen LogP contribution in [0.5, 0.6) is 11.6 Å². The van der Waals surface area contributed by atoms with Crippen LogP contribution in [0.4, 0.5) is 0 Å². The number of rotatable bonds is 5. The van der Waals surface area contributed by atoms with Crippen LogP contribution in [0.25, 0.3) is 5.65 Å². The van der Waals surface area contributed by atoms with Gasteiger partial charge in [-0.05, 0) is 49.2 Å². The number of carbonyl (C=O) groups is 1. The molecule has 0 fully saturated rings. The number of fused-ring (bicyclic) bond motifs is 1. The molecular weight excluding hydrogens is 320 g/mol. The quantitative estimate of drug-likeness (QED) is 0.669. The van der Waals surface area contributed by atoms with Gasteiger partial charge in [0, 0.05) is 6.20 Å². The average molecular weight is 338 g/mol. The molecule has 2 heterocycles. The van der Waals surface area contributed by atoms with Gasteiger partial charge in [0.05, 0.1) is 18.2 Å². The Morgan fingerprint density at radius 1 is 1.20 bits per heavy atom. The number of hydrogen-bond donors (Lipinski definition) is 0. The summed E-state index contributed by atoms with van der Waals surface area (Å²) in [5, 5.41) is 0. The molecule has 0 aliphatic heterocycles. The minimum Gasteiger partial charge on any atom is -0.494 e. The summed E-state index contributed by atoms with van der Waals surface area (Å²) in [4.78, 5) is 28.6. The maximum Gasteiger partial charge on any atom is 0.344 e. The van der Waals surface area contributed by atoms with E-state index in [2.05, 4.69) is 4.98 Å². The second kappa shape index (κ2) is 7.17. The third-order valence-corrected chi connectivity index (χ3v) is 3.62. The zero-order valence-corrected chi connectivity index (χ0v) is 14.1. The van der Waals surface area contributed by atoms with Crippen LogP contribution >= 0.6 is 0 Å². The van der Waals surface area contributed by atoms with Crippen LogP contribution in [-0.4, -0.2) is 22.0 Å². The monoisotopic (exact) mass is 338 g/mol. The zero-order chi connectivity index (χ0) is 17.8. The van der Waals surface area contributed by atoms with Crippen molar-refractivity contribution < 1.29 is 14.3 Å². The van der Waals surface area contributed by atoms with E-state index < -0.39 is 5.97 Å². The summed E-state index contributed by atoms with van der Waals surface area (Å²) in [5.74, 6) is 0.0959. The van der Waals surface area contributed by atoms with Crippen molar-refractivity contribution in [2.45, 2.75) is 20.3 Å². The van der Waals surface area contributed by atoms with Crippen molar-refractivity contribution in [3.63, 3.8) is 0 Å². The van der Waals surface area contributed by atoms with Crippen molar-refractivity contribution in [3.05, 3.63) is 70.1 Å². The topological polar surface area (TPSA) is 69.9 Å². The lowest BCUT2D eigenvalue weighted by molar-refractivity contribution is 0.0727. The first-order valence-electron chi connectivity index (χ1n) is 8.02. The van der Waals surface area contributed by atoms with Gasteiger partial charge >= 0.3 is 5.97 Å². The average Bonchev–Trinajstić information content (AvgIpc) is 2.61. The zero-order valence-electron chi connectivity index (χ0n) is 14.1. The number of aryl methyl sites for hydroxylation is 1. The van der Waals surface area contributed by atoms with Gasteiger partial charge in [-0.2, -0.15) is 4.98 Å². The molecule has 0 saturated carbocycles. The van der Waals surface area contributed by atoms with E-state index in [9.17, 15) is 9.59 Å². The summed E-state index contributed by atoms with van der Waals surface area (Å²) in [5.41, 5.74) is 1.33. The molecule has 2 aromatic heterocycles. The second-order valence-electron chi connectivity index (χ2n) is 5.58. The number of hydrogen-bond acceptors (Lipinski definition) is 5. The summed E-state index contributed by atoms with van der Waals surface area (Å²) in [6, 6.07) is 11.4. The molecule has 3 rings (SSSR count). The van der Waals surface area contributed by atoms with Gasteiger partial charge < -0.3 is 9.47 Å². The van der Waals surface area contributed by atoms with E-state index in [1.165, 1.54) is 10.5 Å². The molecule has 0 unspecified atom stereocenters. The molecule has 0 aliphatic rings. The molecule has 0 atom stereocenters. The molecule has 25 heavy (non-hydrogen) atoms. The Morgan fingerprint density at radius 3 is 2.68 bits per heavy atom. The number of aromatic nitrogens is 2. The van der Waals surface area contributed by atoms with E-state index in [0.717, 1.165) is 12.0 Å². The Bertz CT molecular complexity index is 961. The first kappa shape index (κ1) is 16.7. The lowest BCUT2D eigenvalue weighted by Crippen LogP contribution is -2.17.